The van der Waals surface area contributed by atoms with Crippen molar-refractivity contribution in [1.29, 1.82) is 5.26 Å². The van der Waals surface area contributed by atoms with Crippen LogP contribution in [0.5, 0.6) is 0 Å². The Balaban J connectivity index is 5.83. The Bertz CT molecular complexity index is 390. The van der Waals surface area contributed by atoms with Crippen LogP contribution in [0.2, 0.25) is 0 Å². The second-order valence-corrected chi connectivity index (χ2v) is 6.28. The first kappa shape index (κ1) is 15.6. The average Bonchev–Trinajstić information content (AvgIpc) is 2.14. The Morgan fingerprint density at radius 1 is 1.12 bits per heavy atom. The van der Waals surface area contributed by atoms with E-state index in [1.54, 1.807) is 6.08 Å². The molecule has 94 valence electrons. The van der Waals surface area contributed by atoms with Gasteiger partial charge in [0.15, 0.2) is 0 Å². The molecule has 0 amide bonds. The highest BCUT2D eigenvalue weighted by Gasteiger charge is 2.23. The van der Waals surface area contributed by atoms with Gasteiger partial charge in [0.2, 0.25) is 0 Å². The molecule has 2 heteroatoms. The molecule has 0 aliphatic carbocycles. The van der Waals surface area contributed by atoms with Crippen LogP contribution in [0.25, 0.3) is 0 Å². The number of allylic oxidation sites excluding steroid dienone is 3. The van der Waals surface area contributed by atoms with Gasteiger partial charge in [-0.2, -0.15) is 5.26 Å². The summed E-state index contributed by atoms with van der Waals surface area (Å²) < 4.78 is 0. The highest BCUT2D eigenvalue weighted by Crippen LogP contribution is 2.31. The molecule has 0 spiro atoms. The topological polar surface area (TPSA) is 36.1 Å². The quantitative estimate of drug-likeness (QED) is 0.392. The van der Waals surface area contributed by atoms with E-state index in [1.807, 2.05) is 6.92 Å². The van der Waals surface area contributed by atoms with Gasteiger partial charge in [-0.15, -0.1) is 0 Å². The molecule has 0 fully saturated rings. The number of hydrogen-bond donors (Lipinski definition) is 0. The van der Waals surface area contributed by atoms with Crippen molar-refractivity contribution in [1.82, 2.24) is 0 Å². The average molecular weight is 232 g/mol. The van der Waals surface area contributed by atoms with Crippen LogP contribution >= 0.6 is 0 Å². The molecule has 0 bridgehead atoms. The fourth-order valence-electron chi connectivity index (χ4n) is 1.16. The zero-order valence-electron chi connectivity index (χ0n) is 12.2. The molecular formula is C15H24N2. The normalized spacial score (nSPS) is 15.1. The predicted molar refractivity (Wildman–Crippen MR) is 74.9 cm³/mol. The standard InChI is InChI=1S/C15H24N2/c1-9-12(10-16)13(15(6,7)8)17-11(2)14(3,4)5/h9H,1H2,2-8H3/b13-12+,17-11+. The van der Waals surface area contributed by atoms with E-state index >= 15 is 0 Å². The van der Waals surface area contributed by atoms with Crippen LogP contribution in [0, 0.1) is 22.2 Å². The van der Waals surface area contributed by atoms with Crippen LogP contribution in [0.15, 0.2) is 28.9 Å². The van der Waals surface area contributed by atoms with Crippen LogP contribution in [0.4, 0.5) is 0 Å². The SMILES string of the molecule is C=C/C(C#N)=C(\N=C(/C)C(C)(C)C)C(C)(C)C. The van der Waals surface area contributed by atoms with Gasteiger partial charge in [0.1, 0.15) is 6.07 Å². The van der Waals surface area contributed by atoms with Crippen molar-refractivity contribution in [2.24, 2.45) is 15.8 Å². The summed E-state index contributed by atoms with van der Waals surface area (Å²) >= 11 is 0. The largest absolute Gasteiger partial charge is 0.260 e. The molecule has 0 saturated carbocycles. The lowest BCUT2D eigenvalue weighted by atomic mass is 9.87. The molecular weight excluding hydrogens is 208 g/mol. The molecule has 2 nitrogen and oxygen atoms in total. The number of rotatable bonds is 2. The maximum Gasteiger partial charge on any atom is 0.101 e. The van der Waals surface area contributed by atoms with Crippen molar-refractivity contribution in [2.75, 3.05) is 0 Å². The van der Waals surface area contributed by atoms with E-state index in [-0.39, 0.29) is 10.8 Å². The Hall–Kier alpha value is -1.36. The van der Waals surface area contributed by atoms with Crippen LogP contribution in [0.3, 0.4) is 0 Å². The lowest BCUT2D eigenvalue weighted by Gasteiger charge is -2.24. The summed E-state index contributed by atoms with van der Waals surface area (Å²) in [4.78, 5) is 4.66. The lowest BCUT2D eigenvalue weighted by molar-refractivity contribution is 0.491. The van der Waals surface area contributed by atoms with Crippen molar-refractivity contribution in [3.05, 3.63) is 23.9 Å². The Kier molecular flexibility index (Phi) is 4.89. The van der Waals surface area contributed by atoms with Crippen LogP contribution < -0.4 is 0 Å². The van der Waals surface area contributed by atoms with Crippen LogP contribution in [-0.4, -0.2) is 5.71 Å². The minimum absolute atomic E-state index is 0.0121. The summed E-state index contributed by atoms with van der Waals surface area (Å²) in [7, 11) is 0. The molecule has 0 aromatic carbocycles. The summed E-state index contributed by atoms with van der Waals surface area (Å²) in [5.41, 5.74) is 2.24. The highest BCUT2D eigenvalue weighted by atomic mass is 14.8. The number of aliphatic imine (C=N–C) groups is 1. The summed E-state index contributed by atoms with van der Waals surface area (Å²) in [6, 6.07) is 2.17. The molecule has 0 radical (unpaired) electrons. The van der Waals surface area contributed by atoms with Gasteiger partial charge in [-0.05, 0) is 18.4 Å². The fraction of sp³-hybridized carbons (Fsp3) is 0.600. The number of nitriles is 1. The molecule has 0 rings (SSSR count). The Labute approximate surface area is 106 Å². The predicted octanol–water partition coefficient (Wildman–Crippen LogP) is 4.50. The molecule has 0 aliphatic heterocycles. The third-order valence-electron chi connectivity index (χ3n) is 2.66. The van der Waals surface area contributed by atoms with Gasteiger partial charge >= 0.3 is 0 Å². The van der Waals surface area contributed by atoms with Gasteiger partial charge in [-0.1, -0.05) is 48.1 Å². The third-order valence-corrected chi connectivity index (χ3v) is 2.66. The van der Waals surface area contributed by atoms with Crippen molar-refractivity contribution < 1.29 is 0 Å². The zero-order valence-corrected chi connectivity index (χ0v) is 12.2. The second kappa shape index (κ2) is 5.31. The van der Waals surface area contributed by atoms with Gasteiger partial charge in [-0.25, -0.2) is 0 Å². The molecule has 0 saturated heterocycles. The van der Waals surface area contributed by atoms with Crippen molar-refractivity contribution in [3.8, 4) is 6.07 Å². The van der Waals surface area contributed by atoms with E-state index in [0.29, 0.717) is 5.57 Å². The summed E-state index contributed by atoms with van der Waals surface area (Å²) in [6.45, 7) is 18.2. The monoisotopic (exact) mass is 232 g/mol. The Morgan fingerprint density at radius 3 is 1.82 bits per heavy atom. The van der Waals surface area contributed by atoms with E-state index < -0.39 is 0 Å². The van der Waals surface area contributed by atoms with Crippen LogP contribution in [-0.2, 0) is 0 Å². The van der Waals surface area contributed by atoms with Gasteiger partial charge in [0.05, 0.1) is 11.3 Å². The lowest BCUT2D eigenvalue weighted by Crippen LogP contribution is -2.19. The zero-order chi connectivity index (χ0) is 13.9. The van der Waals surface area contributed by atoms with Crippen LogP contribution in [0.1, 0.15) is 48.5 Å². The molecule has 0 unspecified atom stereocenters. The summed E-state index contributed by atoms with van der Waals surface area (Å²) in [6.07, 6.45) is 1.58. The smallest absolute Gasteiger partial charge is 0.101 e. The van der Waals surface area contributed by atoms with Crippen molar-refractivity contribution in [2.45, 2.75) is 48.5 Å². The summed E-state index contributed by atoms with van der Waals surface area (Å²) in [5, 5.41) is 9.13. The number of hydrogen-bond acceptors (Lipinski definition) is 2. The van der Waals surface area contributed by atoms with Crippen molar-refractivity contribution in [3.63, 3.8) is 0 Å². The molecule has 0 aromatic rings. The van der Waals surface area contributed by atoms with Gasteiger partial charge < -0.3 is 0 Å². The summed E-state index contributed by atoms with van der Waals surface area (Å²) in [5.74, 6) is 0. The molecule has 0 atom stereocenters. The molecule has 17 heavy (non-hydrogen) atoms. The first-order valence-corrected chi connectivity index (χ1v) is 5.87. The maximum atomic E-state index is 9.13. The third kappa shape index (κ3) is 4.56. The maximum absolute atomic E-state index is 9.13. The Morgan fingerprint density at radius 2 is 1.59 bits per heavy atom. The van der Waals surface area contributed by atoms with E-state index in [0.717, 1.165) is 11.4 Å². The molecule has 0 heterocycles. The number of nitrogens with zero attached hydrogens (tertiary/aromatic N) is 2. The molecule has 0 aromatic heterocycles. The minimum Gasteiger partial charge on any atom is -0.260 e. The first-order valence-electron chi connectivity index (χ1n) is 5.87. The second-order valence-electron chi connectivity index (χ2n) is 6.28. The van der Waals surface area contributed by atoms with Gasteiger partial charge in [0.25, 0.3) is 0 Å². The van der Waals surface area contributed by atoms with Crippen molar-refractivity contribution >= 4 is 5.71 Å². The van der Waals surface area contributed by atoms with Gasteiger partial charge in [-0.3, -0.25) is 4.99 Å². The van der Waals surface area contributed by atoms with E-state index in [4.69, 9.17) is 5.26 Å². The van der Waals surface area contributed by atoms with E-state index in [1.165, 1.54) is 0 Å². The minimum atomic E-state index is -0.161. The van der Waals surface area contributed by atoms with Gasteiger partial charge in [0, 0.05) is 11.1 Å². The molecule has 0 N–H and O–H groups in total. The van der Waals surface area contributed by atoms with E-state index in [9.17, 15) is 0 Å². The first-order chi connectivity index (χ1) is 7.54. The van der Waals surface area contributed by atoms with E-state index in [2.05, 4.69) is 59.2 Å². The fourth-order valence-corrected chi connectivity index (χ4v) is 1.16. The molecule has 0 aliphatic rings. The highest BCUT2D eigenvalue weighted by molar-refractivity contribution is 5.88.